The molecule has 110 valence electrons. The molecule has 2 amide bonds. The molecule has 0 aliphatic rings. The molecular formula is C13H19N3O3S. The zero-order valence-electron chi connectivity index (χ0n) is 11.5. The SMILES string of the molecule is CSCC[C@H](NC(=O)NC(C)c1ccncc1)C(=O)O. The molecule has 1 aromatic heterocycles. The van der Waals surface area contributed by atoms with Crippen LogP contribution in [0, 0.1) is 0 Å². The van der Waals surface area contributed by atoms with E-state index in [4.69, 9.17) is 5.11 Å². The number of carboxylic acids is 1. The number of hydrogen-bond donors (Lipinski definition) is 3. The van der Waals surface area contributed by atoms with Gasteiger partial charge in [0.1, 0.15) is 6.04 Å². The van der Waals surface area contributed by atoms with Gasteiger partial charge in [0, 0.05) is 12.4 Å². The largest absolute Gasteiger partial charge is 0.480 e. The van der Waals surface area contributed by atoms with Gasteiger partial charge in [0.2, 0.25) is 0 Å². The highest BCUT2D eigenvalue weighted by Crippen LogP contribution is 2.10. The normalized spacial score (nSPS) is 13.3. The second kappa shape index (κ2) is 8.42. The third-order valence-corrected chi connectivity index (χ3v) is 3.41. The summed E-state index contributed by atoms with van der Waals surface area (Å²) >= 11 is 1.54. The smallest absolute Gasteiger partial charge is 0.326 e. The summed E-state index contributed by atoms with van der Waals surface area (Å²) in [6.45, 7) is 1.83. The van der Waals surface area contributed by atoms with Crippen molar-refractivity contribution < 1.29 is 14.7 Å². The second-order valence-corrected chi connectivity index (χ2v) is 5.28. The fraction of sp³-hybridized carbons (Fsp3) is 0.462. The first-order valence-corrected chi connectivity index (χ1v) is 7.62. The molecule has 0 saturated carbocycles. The lowest BCUT2D eigenvalue weighted by molar-refractivity contribution is -0.139. The lowest BCUT2D eigenvalue weighted by Gasteiger charge is -2.18. The first-order valence-electron chi connectivity index (χ1n) is 6.23. The fourth-order valence-corrected chi connectivity index (χ4v) is 2.10. The van der Waals surface area contributed by atoms with E-state index in [1.165, 1.54) is 0 Å². The molecule has 0 radical (unpaired) electrons. The molecule has 0 aliphatic heterocycles. The summed E-state index contributed by atoms with van der Waals surface area (Å²) in [5.74, 6) is -0.345. The van der Waals surface area contributed by atoms with Crippen molar-refractivity contribution in [2.24, 2.45) is 0 Å². The van der Waals surface area contributed by atoms with Crippen molar-refractivity contribution in [2.75, 3.05) is 12.0 Å². The summed E-state index contributed by atoms with van der Waals surface area (Å²) in [4.78, 5) is 26.7. The molecule has 0 aromatic carbocycles. The molecule has 3 N–H and O–H groups in total. The van der Waals surface area contributed by atoms with Crippen LogP contribution in [0.25, 0.3) is 0 Å². The summed E-state index contributed by atoms with van der Waals surface area (Å²) in [5, 5.41) is 14.2. The minimum absolute atomic E-state index is 0.215. The van der Waals surface area contributed by atoms with Gasteiger partial charge in [0.25, 0.3) is 0 Å². The van der Waals surface area contributed by atoms with Crippen molar-refractivity contribution in [3.05, 3.63) is 30.1 Å². The number of carbonyl (C=O) groups excluding carboxylic acids is 1. The van der Waals surface area contributed by atoms with Gasteiger partial charge in [0.15, 0.2) is 0 Å². The maximum Gasteiger partial charge on any atom is 0.326 e. The van der Waals surface area contributed by atoms with Crippen LogP contribution in [0.15, 0.2) is 24.5 Å². The van der Waals surface area contributed by atoms with Crippen LogP contribution < -0.4 is 10.6 Å². The van der Waals surface area contributed by atoms with E-state index in [0.29, 0.717) is 12.2 Å². The molecule has 0 fully saturated rings. The lowest BCUT2D eigenvalue weighted by Crippen LogP contribution is -2.46. The van der Waals surface area contributed by atoms with Crippen LogP contribution in [0.3, 0.4) is 0 Å². The number of aromatic nitrogens is 1. The summed E-state index contributed by atoms with van der Waals surface area (Å²) in [5.41, 5.74) is 0.908. The minimum atomic E-state index is -1.02. The fourth-order valence-electron chi connectivity index (χ4n) is 1.63. The van der Waals surface area contributed by atoms with Crippen LogP contribution in [0.1, 0.15) is 24.9 Å². The topological polar surface area (TPSA) is 91.3 Å². The average molecular weight is 297 g/mol. The number of carbonyl (C=O) groups is 2. The van der Waals surface area contributed by atoms with Gasteiger partial charge in [-0.25, -0.2) is 9.59 Å². The van der Waals surface area contributed by atoms with Crippen LogP contribution in [-0.4, -0.2) is 40.1 Å². The molecule has 6 nitrogen and oxygen atoms in total. The monoisotopic (exact) mass is 297 g/mol. The van der Waals surface area contributed by atoms with Gasteiger partial charge in [0.05, 0.1) is 6.04 Å². The number of nitrogens with one attached hydrogen (secondary N) is 2. The van der Waals surface area contributed by atoms with E-state index in [-0.39, 0.29) is 6.04 Å². The van der Waals surface area contributed by atoms with Crippen molar-refractivity contribution in [3.8, 4) is 0 Å². The van der Waals surface area contributed by atoms with Crippen LogP contribution >= 0.6 is 11.8 Å². The first kappa shape index (κ1) is 16.3. The Morgan fingerprint density at radius 2 is 2.00 bits per heavy atom. The molecule has 0 bridgehead atoms. The Labute approximate surface area is 122 Å². The Kier molecular flexibility index (Phi) is 6.86. The zero-order valence-corrected chi connectivity index (χ0v) is 12.3. The molecule has 2 atom stereocenters. The molecule has 0 spiro atoms. The summed E-state index contributed by atoms with van der Waals surface area (Å²) in [6.07, 6.45) is 5.58. The summed E-state index contributed by atoms with van der Waals surface area (Å²) in [7, 11) is 0. The minimum Gasteiger partial charge on any atom is -0.480 e. The van der Waals surface area contributed by atoms with Crippen LogP contribution in [0.5, 0.6) is 0 Å². The number of hydrogen-bond acceptors (Lipinski definition) is 4. The first-order chi connectivity index (χ1) is 9.54. The molecule has 20 heavy (non-hydrogen) atoms. The molecule has 1 unspecified atom stereocenters. The van der Waals surface area contributed by atoms with E-state index in [2.05, 4.69) is 15.6 Å². The van der Waals surface area contributed by atoms with Crippen molar-refractivity contribution >= 4 is 23.8 Å². The number of carboxylic acid groups (broad SMARTS) is 1. The molecule has 1 heterocycles. The lowest BCUT2D eigenvalue weighted by atomic mass is 10.1. The number of aliphatic carboxylic acids is 1. The van der Waals surface area contributed by atoms with Crippen molar-refractivity contribution in [3.63, 3.8) is 0 Å². The van der Waals surface area contributed by atoms with Crippen molar-refractivity contribution in [1.29, 1.82) is 0 Å². The molecule has 0 saturated heterocycles. The number of amides is 2. The summed E-state index contributed by atoms with van der Waals surface area (Å²) in [6, 6.07) is 2.03. The number of nitrogens with zero attached hydrogens (tertiary/aromatic N) is 1. The Morgan fingerprint density at radius 1 is 1.35 bits per heavy atom. The highest BCUT2D eigenvalue weighted by Gasteiger charge is 2.20. The summed E-state index contributed by atoms with van der Waals surface area (Å²) < 4.78 is 0. The highest BCUT2D eigenvalue weighted by molar-refractivity contribution is 7.98. The number of rotatable bonds is 7. The van der Waals surface area contributed by atoms with Crippen molar-refractivity contribution in [1.82, 2.24) is 15.6 Å². The van der Waals surface area contributed by atoms with Gasteiger partial charge in [-0.1, -0.05) is 0 Å². The molecule has 1 aromatic rings. The molecule has 0 aliphatic carbocycles. The van der Waals surface area contributed by atoms with E-state index < -0.39 is 18.0 Å². The predicted molar refractivity (Wildman–Crippen MR) is 78.7 cm³/mol. The maximum absolute atomic E-state index is 11.8. The van der Waals surface area contributed by atoms with E-state index in [9.17, 15) is 9.59 Å². The van der Waals surface area contributed by atoms with E-state index in [1.54, 1.807) is 36.3 Å². The van der Waals surface area contributed by atoms with Gasteiger partial charge in [-0.15, -0.1) is 0 Å². The third-order valence-electron chi connectivity index (χ3n) is 2.77. The van der Waals surface area contributed by atoms with Gasteiger partial charge in [-0.05, 0) is 43.0 Å². The van der Waals surface area contributed by atoms with Crippen LogP contribution in [0.2, 0.25) is 0 Å². The van der Waals surface area contributed by atoms with E-state index in [1.807, 2.05) is 13.2 Å². The van der Waals surface area contributed by atoms with Gasteiger partial charge in [-0.2, -0.15) is 11.8 Å². The average Bonchev–Trinajstić information content (AvgIpc) is 2.44. The van der Waals surface area contributed by atoms with Gasteiger partial charge >= 0.3 is 12.0 Å². The van der Waals surface area contributed by atoms with E-state index >= 15 is 0 Å². The van der Waals surface area contributed by atoms with Crippen LogP contribution in [0.4, 0.5) is 4.79 Å². The Hall–Kier alpha value is -1.76. The van der Waals surface area contributed by atoms with Gasteiger partial charge < -0.3 is 15.7 Å². The second-order valence-electron chi connectivity index (χ2n) is 4.29. The highest BCUT2D eigenvalue weighted by atomic mass is 32.2. The Morgan fingerprint density at radius 3 is 2.55 bits per heavy atom. The van der Waals surface area contributed by atoms with Crippen LogP contribution in [-0.2, 0) is 4.79 Å². The quantitative estimate of drug-likeness (QED) is 0.712. The molecule has 7 heteroatoms. The molecular weight excluding hydrogens is 278 g/mol. The Bertz CT molecular complexity index is 442. The predicted octanol–water partition coefficient (Wildman–Crippen LogP) is 1.65. The number of urea groups is 1. The van der Waals surface area contributed by atoms with E-state index in [0.717, 1.165) is 5.56 Å². The standard InChI is InChI=1S/C13H19N3O3S/c1-9(10-3-6-14-7-4-10)15-13(19)16-11(12(17)18)5-8-20-2/h3-4,6-7,9,11H,5,8H2,1-2H3,(H,17,18)(H2,15,16,19)/t9?,11-/m0/s1. The third kappa shape index (κ3) is 5.48. The maximum atomic E-state index is 11.8. The molecule has 1 rings (SSSR count). The van der Waals surface area contributed by atoms with Crippen molar-refractivity contribution in [2.45, 2.75) is 25.4 Å². The Balaban J connectivity index is 2.51. The zero-order chi connectivity index (χ0) is 15.0. The number of thioether (sulfide) groups is 1. The number of pyridine rings is 1. The van der Waals surface area contributed by atoms with Gasteiger partial charge in [-0.3, -0.25) is 4.98 Å².